The Morgan fingerprint density at radius 2 is 1.70 bits per heavy atom. The second-order valence-corrected chi connectivity index (χ2v) is 8.95. The summed E-state index contributed by atoms with van der Waals surface area (Å²) in [5, 5.41) is 2.61. The molecule has 1 aliphatic carbocycles. The third-order valence-electron chi connectivity index (χ3n) is 4.04. The predicted octanol–water partition coefficient (Wildman–Crippen LogP) is 3.19. The Labute approximate surface area is 139 Å². The van der Waals surface area contributed by atoms with E-state index < -0.39 is 15.1 Å². The van der Waals surface area contributed by atoms with Crippen molar-refractivity contribution in [3.05, 3.63) is 47.4 Å². The van der Waals surface area contributed by atoms with Crippen molar-refractivity contribution in [2.75, 3.05) is 0 Å². The highest BCUT2D eigenvalue weighted by atomic mass is 32.2. The third-order valence-corrected chi connectivity index (χ3v) is 7.23. The van der Waals surface area contributed by atoms with Gasteiger partial charge in [-0.15, -0.1) is 5.10 Å². The number of hydrogen-bond donors (Lipinski definition) is 1. The van der Waals surface area contributed by atoms with Crippen molar-refractivity contribution in [1.29, 1.82) is 0 Å². The first-order valence-corrected chi connectivity index (χ1v) is 10.1. The molecular weight excluding hydrogens is 332 g/mol. The Balaban J connectivity index is 1.86. The maximum Gasteiger partial charge on any atom is 0.382 e. The highest BCUT2D eigenvalue weighted by Crippen LogP contribution is 2.28. The maximum atomic E-state index is 12.6. The van der Waals surface area contributed by atoms with E-state index in [2.05, 4.69) is 5.10 Å². The highest BCUT2D eigenvalue weighted by Gasteiger charge is 2.36. The van der Waals surface area contributed by atoms with Crippen molar-refractivity contribution >= 4 is 21.6 Å². The van der Waals surface area contributed by atoms with Gasteiger partial charge in [0.15, 0.2) is 4.54 Å². The molecule has 2 aromatic rings. The van der Waals surface area contributed by atoms with Crippen LogP contribution in [0.5, 0.6) is 0 Å². The topological polar surface area (TPSA) is 72.9 Å². The van der Waals surface area contributed by atoms with Crippen LogP contribution in [0.3, 0.4) is 0 Å². The molecule has 5 nitrogen and oxygen atoms in total. The SMILES string of the molecule is O=[n+]1[nH]c(Sc2ccccc2)ccc1S(=O)(=O)C1CCCCC1. The van der Waals surface area contributed by atoms with Gasteiger partial charge >= 0.3 is 5.03 Å². The van der Waals surface area contributed by atoms with Crippen LogP contribution in [0, 0.1) is 4.91 Å². The third kappa shape index (κ3) is 3.67. The molecule has 0 spiro atoms. The van der Waals surface area contributed by atoms with Gasteiger partial charge in [0.05, 0.1) is 10.2 Å². The van der Waals surface area contributed by atoms with E-state index in [1.54, 1.807) is 6.07 Å². The molecule has 1 fully saturated rings. The minimum atomic E-state index is -3.57. The zero-order valence-corrected chi connectivity index (χ0v) is 14.3. The molecule has 1 N–H and O–H groups in total. The number of sulfone groups is 1. The standard InChI is InChI=1S/C16H19N2O3S2/c19-18-16(23(20,21)14-9-5-2-6-10-14)12-11-15(17-18)22-13-7-3-1-4-8-13/h1,3-4,7-8,11-12,14H,2,5-6,9-10H2,(H,17,19)/q+1. The fraction of sp³-hybridized carbons (Fsp3) is 0.375. The molecular formula is C16H19N2O3S2+. The molecule has 0 aliphatic heterocycles. The Kier molecular flexibility index (Phi) is 4.87. The van der Waals surface area contributed by atoms with E-state index in [0.717, 1.165) is 24.2 Å². The molecule has 7 heteroatoms. The molecule has 0 unspecified atom stereocenters. The zero-order valence-electron chi connectivity index (χ0n) is 12.6. The van der Waals surface area contributed by atoms with E-state index in [4.69, 9.17) is 0 Å². The lowest BCUT2D eigenvalue weighted by Crippen LogP contribution is -2.34. The summed E-state index contributed by atoms with van der Waals surface area (Å²) in [6.07, 6.45) is 4.18. The number of rotatable bonds is 4. The van der Waals surface area contributed by atoms with Crippen LogP contribution in [0.1, 0.15) is 32.1 Å². The smallest absolute Gasteiger partial charge is 0.217 e. The number of H-pyrrole nitrogens is 1. The van der Waals surface area contributed by atoms with Crippen LogP contribution in [0.4, 0.5) is 0 Å². The van der Waals surface area contributed by atoms with Crippen molar-refractivity contribution in [3.63, 3.8) is 0 Å². The minimum Gasteiger partial charge on any atom is -0.217 e. The van der Waals surface area contributed by atoms with Crippen LogP contribution in [-0.2, 0) is 9.84 Å². The summed E-state index contributed by atoms with van der Waals surface area (Å²) >= 11 is 1.39. The quantitative estimate of drug-likeness (QED) is 0.859. The second kappa shape index (κ2) is 6.88. The first-order valence-electron chi connectivity index (χ1n) is 7.70. The minimum absolute atomic E-state index is 0.179. The van der Waals surface area contributed by atoms with Crippen molar-refractivity contribution in [3.8, 4) is 0 Å². The van der Waals surface area contributed by atoms with Crippen molar-refractivity contribution < 1.29 is 13.0 Å². The number of aromatic amines is 1. The van der Waals surface area contributed by atoms with Crippen LogP contribution in [0.2, 0.25) is 0 Å². The normalized spacial score (nSPS) is 16.3. The van der Waals surface area contributed by atoms with E-state index in [0.29, 0.717) is 22.4 Å². The van der Waals surface area contributed by atoms with Crippen molar-refractivity contribution in [1.82, 2.24) is 5.10 Å². The summed E-state index contributed by atoms with van der Waals surface area (Å²) in [6, 6.07) is 12.7. The van der Waals surface area contributed by atoms with Crippen LogP contribution in [0.25, 0.3) is 0 Å². The summed E-state index contributed by atoms with van der Waals surface area (Å²) in [6.45, 7) is 0. The Morgan fingerprint density at radius 1 is 1.00 bits per heavy atom. The largest absolute Gasteiger partial charge is 0.382 e. The van der Waals surface area contributed by atoms with Crippen molar-refractivity contribution in [2.45, 2.75) is 52.3 Å². The van der Waals surface area contributed by atoms with Gasteiger partial charge in [0, 0.05) is 11.0 Å². The van der Waals surface area contributed by atoms with E-state index in [1.807, 2.05) is 30.3 Å². The molecule has 0 bridgehead atoms. The number of benzene rings is 1. The molecule has 23 heavy (non-hydrogen) atoms. The molecule has 0 saturated heterocycles. The van der Waals surface area contributed by atoms with E-state index in [1.165, 1.54) is 17.8 Å². The summed E-state index contributed by atoms with van der Waals surface area (Å²) in [7, 11) is -3.57. The second-order valence-electron chi connectivity index (χ2n) is 5.66. The van der Waals surface area contributed by atoms with Gasteiger partial charge in [-0.2, -0.15) is 0 Å². The lowest BCUT2D eigenvalue weighted by atomic mass is 10.0. The molecule has 3 rings (SSSR count). The lowest BCUT2D eigenvalue weighted by Gasteiger charge is -2.18. The first-order chi connectivity index (χ1) is 11.1. The Bertz CT molecular complexity index is 826. The van der Waals surface area contributed by atoms with Gasteiger partial charge in [-0.05, 0) is 31.0 Å². The summed E-state index contributed by atoms with van der Waals surface area (Å²) in [4.78, 5) is 13.2. The van der Waals surface area contributed by atoms with Gasteiger partial charge in [-0.25, -0.2) is 8.42 Å². The van der Waals surface area contributed by atoms with Crippen LogP contribution in [0.15, 0.2) is 57.4 Å². The fourth-order valence-corrected chi connectivity index (χ4v) is 5.48. The average molecular weight is 351 g/mol. The van der Waals surface area contributed by atoms with Crippen LogP contribution >= 0.6 is 11.8 Å². The molecule has 0 radical (unpaired) electrons. The molecule has 1 aromatic heterocycles. The molecule has 0 amide bonds. The maximum absolute atomic E-state index is 12.6. The number of nitrogens with one attached hydrogen (secondary N) is 1. The van der Waals surface area contributed by atoms with Gasteiger partial charge in [0.2, 0.25) is 9.84 Å². The first kappa shape index (κ1) is 16.3. The molecule has 1 saturated carbocycles. The average Bonchev–Trinajstić information content (AvgIpc) is 2.56. The van der Waals surface area contributed by atoms with Gasteiger partial charge in [0.25, 0.3) is 0 Å². The Morgan fingerprint density at radius 3 is 2.35 bits per heavy atom. The molecule has 1 heterocycles. The zero-order chi connectivity index (χ0) is 16.3. The summed E-state index contributed by atoms with van der Waals surface area (Å²) in [5.41, 5.74) is 0. The van der Waals surface area contributed by atoms with Gasteiger partial charge in [0.1, 0.15) is 5.03 Å². The van der Waals surface area contributed by atoms with Gasteiger partial charge < -0.3 is 0 Å². The monoisotopic (exact) mass is 351 g/mol. The summed E-state index contributed by atoms with van der Waals surface area (Å²) < 4.78 is 25.6. The van der Waals surface area contributed by atoms with Crippen LogP contribution < -0.4 is 4.54 Å². The highest BCUT2D eigenvalue weighted by molar-refractivity contribution is 7.99. The Hall–Kier alpha value is -1.60. The summed E-state index contributed by atoms with van der Waals surface area (Å²) in [5.74, 6) is 0. The van der Waals surface area contributed by atoms with E-state index in [9.17, 15) is 13.3 Å². The number of hydrogen-bond acceptors (Lipinski definition) is 4. The molecule has 122 valence electrons. The van der Waals surface area contributed by atoms with Gasteiger partial charge in [-0.1, -0.05) is 49.2 Å². The molecule has 0 atom stereocenters. The van der Waals surface area contributed by atoms with Crippen LogP contribution in [-0.4, -0.2) is 18.8 Å². The lowest BCUT2D eigenvalue weighted by molar-refractivity contribution is -0.610. The van der Waals surface area contributed by atoms with Crippen molar-refractivity contribution in [2.24, 2.45) is 0 Å². The number of nitrogens with zero attached hydrogens (tertiary/aromatic N) is 1. The van der Waals surface area contributed by atoms with E-state index in [-0.39, 0.29) is 5.03 Å². The fourth-order valence-electron chi connectivity index (χ4n) is 2.84. The van der Waals surface area contributed by atoms with E-state index >= 15 is 0 Å². The molecule has 1 aliphatic rings. The number of aromatic nitrogens is 2. The van der Waals surface area contributed by atoms with Gasteiger partial charge in [-0.3, -0.25) is 0 Å². The predicted molar refractivity (Wildman–Crippen MR) is 88.8 cm³/mol. The molecule has 1 aromatic carbocycles.